The highest BCUT2D eigenvalue weighted by Gasteiger charge is 2.30. The number of aromatic nitrogens is 1. The van der Waals surface area contributed by atoms with E-state index in [0.717, 1.165) is 31.9 Å². The van der Waals surface area contributed by atoms with Gasteiger partial charge in [-0.25, -0.2) is 13.4 Å². The monoisotopic (exact) mass is 321 g/mol. The Labute approximate surface area is 123 Å². The molecule has 2 rings (SSSR count). The van der Waals surface area contributed by atoms with Crippen molar-refractivity contribution in [3.05, 3.63) is 28.4 Å². The second-order valence-corrected chi connectivity index (χ2v) is 6.46. The Kier molecular flexibility index (Phi) is 5.85. The quantitative estimate of drug-likeness (QED) is 0.663. The summed E-state index contributed by atoms with van der Waals surface area (Å²) in [6.45, 7) is 0.782. The van der Waals surface area contributed by atoms with Crippen molar-refractivity contribution in [1.29, 1.82) is 0 Å². The standard InChI is InChI=1S/C11H15N3O4S.ClH/c15-14(16)10-5-3-7-13-11(10)19(17,18)8-9-4-1-2-6-12-9;/h3,5,7,9,12H,1-2,4,6,8H2;1H. The maximum absolute atomic E-state index is 12.2. The predicted octanol–water partition coefficient (Wildman–Crippen LogP) is 1.33. The summed E-state index contributed by atoms with van der Waals surface area (Å²) in [7, 11) is -3.75. The maximum atomic E-state index is 12.2. The van der Waals surface area contributed by atoms with E-state index >= 15 is 0 Å². The Hall–Kier alpha value is -1.25. The van der Waals surface area contributed by atoms with Crippen LogP contribution in [0.25, 0.3) is 0 Å². The van der Waals surface area contributed by atoms with E-state index in [1.165, 1.54) is 12.3 Å². The second kappa shape index (κ2) is 6.96. The molecule has 0 spiro atoms. The molecule has 0 aliphatic carbocycles. The van der Waals surface area contributed by atoms with Crippen LogP contribution in [0, 0.1) is 10.1 Å². The molecule has 1 aromatic rings. The summed E-state index contributed by atoms with van der Waals surface area (Å²) >= 11 is 0. The van der Waals surface area contributed by atoms with Crippen LogP contribution in [0.3, 0.4) is 0 Å². The van der Waals surface area contributed by atoms with Crippen LogP contribution in [-0.2, 0) is 9.84 Å². The van der Waals surface area contributed by atoms with Crippen molar-refractivity contribution in [3.63, 3.8) is 0 Å². The van der Waals surface area contributed by atoms with Crippen LogP contribution in [0.1, 0.15) is 19.3 Å². The fourth-order valence-corrected chi connectivity index (χ4v) is 3.83. The Morgan fingerprint density at radius 2 is 2.20 bits per heavy atom. The van der Waals surface area contributed by atoms with Crippen LogP contribution in [0.5, 0.6) is 0 Å². The van der Waals surface area contributed by atoms with Crippen molar-refractivity contribution in [2.75, 3.05) is 12.3 Å². The van der Waals surface area contributed by atoms with Crippen LogP contribution in [-0.4, -0.2) is 36.7 Å². The predicted molar refractivity (Wildman–Crippen MR) is 75.8 cm³/mol. The van der Waals surface area contributed by atoms with Crippen molar-refractivity contribution in [2.24, 2.45) is 0 Å². The molecular weight excluding hydrogens is 306 g/mol. The van der Waals surface area contributed by atoms with Gasteiger partial charge in [0.15, 0.2) is 0 Å². The second-order valence-electron chi connectivity index (χ2n) is 4.51. The topological polar surface area (TPSA) is 102 Å². The molecule has 1 unspecified atom stereocenters. The van der Waals surface area contributed by atoms with Gasteiger partial charge in [-0.3, -0.25) is 10.1 Å². The molecule has 0 radical (unpaired) electrons. The molecule has 1 atom stereocenters. The average molecular weight is 322 g/mol. The third-order valence-electron chi connectivity index (χ3n) is 3.08. The molecule has 1 fully saturated rings. The van der Waals surface area contributed by atoms with Gasteiger partial charge < -0.3 is 5.32 Å². The Morgan fingerprint density at radius 1 is 1.45 bits per heavy atom. The molecule has 0 saturated carbocycles. The molecule has 7 nitrogen and oxygen atoms in total. The molecule has 2 heterocycles. The summed E-state index contributed by atoms with van der Waals surface area (Å²) < 4.78 is 24.4. The summed E-state index contributed by atoms with van der Waals surface area (Å²) in [5.41, 5.74) is -0.460. The van der Waals surface area contributed by atoms with Gasteiger partial charge in [0.25, 0.3) is 0 Å². The third-order valence-corrected chi connectivity index (χ3v) is 4.82. The fourth-order valence-electron chi connectivity index (χ4n) is 2.17. The molecule has 0 bridgehead atoms. The van der Waals surface area contributed by atoms with E-state index in [4.69, 9.17) is 0 Å². The number of nitro groups is 1. The SMILES string of the molecule is Cl.O=[N+]([O-])c1cccnc1S(=O)(=O)CC1CCCCN1. The van der Waals surface area contributed by atoms with Gasteiger partial charge >= 0.3 is 5.69 Å². The van der Waals surface area contributed by atoms with Gasteiger partial charge in [-0.1, -0.05) is 6.42 Å². The first-order valence-corrected chi connectivity index (χ1v) is 7.71. The number of hydrogen-bond donors (Lipinski definition) is 1. The molecular formula is C11H16ClN3O4S. The molecule has 0 amide bonds. The van der Waals surface area contributed by atoms with Crippen LogP contribution in [0.2, 0.25) is 0 Å². The van der Waals surface area contributed by atoms with E-state index in [1.54, 1.807) is 0 Å². The first kappa shape index (κ1) is 16.8. The Morgan fingerprint density at radius 3 is 2.80 bits per heavy atom. The van der Waals surface area contributed by atoms with E-state index < -0.39 is 25.5 Å². The van der Waals surface area contributed by atoms with Crippen molar-refractivity contribution in [1.82, 2.24) is 10.3 Å². The Bertz CT molecular complexity index is 573. The zero-order valence-electron chi connectivity index (χ0n) is 10.7. The van der Waals surface area contributed by atoms with Gasteiger partial charge in [0, 0.05) is 18.3 Å². The number of nitrogens with one attached hydrogen (secondary N) is 1. The molecule has 1 aliphatic heterocycles. The summed E-state index contributed by atoms with van der Waals surface area (Å²) in [5.74, 6) is -0.148. The summed E-state index contributed by atoms with van der Waals surface area (Å²) in [6, 6.07) is 2.37. The highest BCUT2D eigenvalue weighted by molar-refractivity contribution is 7.91. The van der Waals surface area contributed by atoms with Crippen LogP contribution in [0.4, 0.5) is 5.69 Å². The number of piperidine rings is 1. The molecule has 1 N–H and O–H groups in total. The highest BCUT2D eigenvalue weighted by atomic mass is 35.5. The lowest BCUT2D eigenvalue weighted by Gasteiger charge is -2.22. The molecule has 20 heavy (non-hydrogen) atoms. The van der Waals surface area contributed by atoms with Gasteiger partial charge in [-0.2, -0.15) is 0 Å². The highest BCUT2D eigenvalue weighted by Crippen LogP contribution is 2.23. The maximum Gasteiger partial charge on any atom is 0.306 e. The minimum atomic E-state index is -3.75. The first-order chi connectivity index (χ1) is 9.00. The number of sulfone groups is 1. The molecule has 1 aromatic heterocycles. The average Bonchev–Trinajstić information content (AvgIpc) is 2.39. The van der Waals surface area contributed by atoms with Gasteiger partial charge in [0.1, 0.15) is 0 Å². The lowest BCUT2D eigenvalue weighted by molar-refractivity contribution is -0.388. The largest absolute Gasteiger partial charge is 0.313 e. The van der Waals surface area contributed by atoms with Gasteiger partial charge in [0.05, 0.1) is 10.7 Å². The van der Waals surface area contributed by atoms with Crippen molar-refractivity contribution in [2.45, 2.75) is 30.3 Å². The number of nitrogens with zero attached hydrogens (tertiary/aromatic N) is 2. The molecule has 9 heteroatoms. The number of hydrogen-bond acceptors (Lipinski definition) is 6. The normalized spacial score (nSPS) is 19.1. The van der Waals surface area contributed by atoms with Gasteiger partial charge in [0.2, 0.25) is 14.9 Å². The van der Waals surface area contributed by atoms with Gasteiger partial charge in [-0.05, 0) is 25.5 Å². The van der Waals surface area contributed by atoms with E-state index in [2.05, 4.69) is 10.3 Å². The number of pyridine rings is 1. The third kappa shape index (κ3) is 3.87. The van der Waals surface area contributed by atoms with Crippen LogP contribution in [0.15, 0.2) is 23.4 Å². The number of rotatable bonds is 4. The van der Waals surface area contributed by atoms with Crippen LogP contribution < -0.4 is 5.32 Å². The number of halogens is 1. The van der Waals surface area contributed by atoms with Crippen LogP contribution >= 0.6 is 12.4 Å². The zero-order chi connectivity index (χ0) is 13.9. The fraction of sp³-hybridized carbons (Fsp3) is 0.545. The molecule has 0 aromatic carbocycles. The Balaban J connectivity index is 0.00000200. The minimum Gasteiger partial charge on any atom is -0.313 e. The molecule has 112 valence electrons. The summed E-state index contributed by atoms with van der Waals surface area (Å²) in [6.07, 6.45) is 4.02. The van der Waals surface area contributed by atoms with E-state index in [0.29, 0.717) is 0 Å². The van der Waals surface area contributed by atoms with E-state index in [1.807, 2.05) is 0 Å². The lowest BCUT2D eigenvalue weighted by Crippen LogP contribution is -2.39. The minimum absolute atomic E-state index is 0. The summed E-state index contributed by atoms with van der Waals surface area (Å²) in [5, 5.41) is 13.5. The smallest absolute Gasteiger partial charge is 0.306 e. The van der Waals surface area contributed by atoms with Crippen molar-refractivity contribution in [3.8, 4) is 0 Å². The van der Waals surface area contributed by atoms with Crippen molar-refractivity contribution >= 4 is 27.9 Å². The molecule has 1 saturated heterocycles. The summed E-state index contributed by atoms with van der Waals surface area (Å²) in [4.78, 5) is 13.8. The zero-order valence-corrected chi connectivity index (χ0v) is 12.3. The van der Waals surface area contributed by atoms with E-state index in [-0.39, 0.29) is 24.2 Å². The molecule has 1 aliphatic rings. The lowest BCUT2D eigenvalue weighted by atomic mass is 10.1. The van der Waals surface area contributed by atoms with Gasteiger partial charge in [-0.15, -0.1) is 12.4 Å². The van der Waals surface area contributed by atoms with E-state index in [9.17, 15) is 18.5 Å². The van der Waals surface area contributed by atoms with Crippen molar-refractivity contribution < 1.29 is 13.3 Å². The first-order valence-electron chi connectivity index (χ1n) is 6.06.